The van der Waals surface area contributed by atoms with Gasteiger partial charge in [-0.1, -0.05) is 31.4 Å². The maximum Gasteiger partial charge on any atom is 0.324 e. The maximum absolute atomic E-state index is 12.5. The van der Waals surface area contributed by atoms with Crippen LogP contribution in [0.4, 0.5) is 15.5 Å². The van der Waals surface area contributed by atoms with Gasteiger partial charge in [-0.3, -0.25) is 10.1 Å². The van der Waals surface area contributed by atoms with Crippen molar-refractivity contribution < 1.29 is 9.59 Å². The molecule has 156 valence electrons. The number of nitrogens with two attached hydrogens (primary N) is 1. The van der Waals surface area contributed by atoms with Crippen LogP contribution in [0.25, 0.3) is 0 Å². The third kappa shape index (κ3) is 5.72. The highest BCUT2D eigenvalue weighted by atomic mass is 35.5. The standard InChI is InChI=1S/C21H27ClN4O2S/c1-13-5-3-4-10-26(2)12-17-16(11-13)18(19(23)27)20(29-17)25-21(28)24-15-8-6-14(22)7-9-15/h6-9,13H,3-5,10-12H2,1-2H3,(H2,23,27)(H2,24,25,28). The summed E-state index contributed by atoms with van der Waals surface area (Å²) < 4.78 is 0. The monoisotopic (exact) mass is 434 g/mol. The number of halogens is 1. The summed E-state index contributed by atoms with van der Waals surface area (Å²) in [4.78, 5) is 28.2. The molecule has 2 aromatic rings. The Morgan fingerprint density at radius 2 is 1.93 bits per heavy atom. The van der Waals surface area contributed by atoms with E-state index in [0.717, 1.165) is 36.4 Å². The first-order valence-electron chi connectivity index (χ1n) is 9.80. The molecule has 6 nitrogen and oxygen atoms in total. The number of benzene rings is 1. The Hall–Kier alpha value is -2.09. The van der Waals surface area contributed by atoms with Gasteiger partial charge in [-0.2, -0.15) is 0 Å². The molecular formula is C21H27ClN4O2S. The van der Waals surface area contributed by atoms with Gasteiger partial charge >= 0.3 is 6.03 Å². The molecule has 3 rings (SSSR count). The average molecular weight is 435 g/mol. The molecule has 0 fully saturated rings. The summed E-state index contributed by atoms with van der Waals surface area (Å²) >= 11 is 7.32. The normalized spacial score (nSPS) is 18.0. The molecule has 1 aromatic heterocycles. The Labute approximate surface area is 180 Å². The molecule has 0 saturated heterocycles. The van der Waals surface area contributed by atoms with Gasteiger partial charge in [-0.25, -0.2) is 4.79 Å². The lowest BCUT2D eigenvalue weighted by Gasteiger charge is -2.21. The van der Waals surface area contributed by atoms with Crippen LogP contribution in [0, 0.1) is 5.92 Å². The zero-order valence-corrected chi connectivity index (χ0v) is 18.3. The van der Waals surface area contributed by atoms with Crippen molar-refractivity contribution in [2.24, 2.45) is 11.7 Å². The van der Waals surface area contributed by atoms with Crippen LogP contribution in [0.2, 0.25) is 5.02 Å². The van der Waals surface area contributed by atoms with E-state index in [1.807, 2.05) is 0 Å². The van der Waals surface area contributed by atoms with Gasteiger partial charge in [0, 0.05) is 22.1 Å². The molecule has 0 radical (unpaired) electrons. The second-order valence-electron chi connectivity index (χ2n) is 7.70. The number of urea groups is 1. The van der Waals surface area contributed by atoms with E-state index in [1.54, 1.807) is 24.3 Å². The molecule has 1 aromatic carbocycles. The molecule has 0 saturated carbocycles. The van der Waals surface area contributed by atoms with E-state index in [4.69, 9.17) is 17.3 Å². The van der Waals surface area contributed by atoms with Crippen molar-refractivity contribution in [2.75, 3.05) is 24.2 Å². The lowest BCUT2D eigenvalue weighted by molar-refractivity contribution is 0.1000. The Morgan fingerprint density at radius 3 is 2.62 bits per heavy atom. The smallest absolute Gasteiger partial charge is 0.324 e. The van der Waals surface area contributed by atoms with E-state index >= 15 is 0 Å². The van der Waals surface area contributed by atoms with Crippen LogP contribution in [-0.4, -0.2) is 30.4 Å². The summed E-state index contributed by atoms with van der Waals surface area (Å²) in [6.45, 7) is 3.96. The van der Waals surface area contributed by atoms with Crippen LogP contribution in [0.3, 0.4) is 0 Å². The third-order valence-electron chi connectivity index (χ3n) is 5.12. The first-order valence-corrected chi connectivity index (χ1v) is 11.0. The average Bonchev–Trinajstić information content (AvgIpc) is 2.97. The molecule has 1 aliphatic rings. The van der Waals surface area contributed by atoms with Crippen molar-refractivity contribution in [3.8, 4) is 0 Å². The number of rotatable bonds is 3. The van der Waals surface area contributed by atoms with Crippen molar-refractivity contribution >= 4 is 45.6 Å². The lowest BCUT2D eigenvalue weighted by Crippen LogP contribution is -2.23. The molecule has 1 aliphatic heterocycles. The number of thiophene rings is 1. The van der Waals surface area contributed by atoms with Gasteiger partial charge < -0.3 is 16.0 Å². The van der Waals surface area contributed by atoms with Crippen LogP contribution in [0.15, 0.2) is 24.3 Å². The Morgan fingerprint density at radius 1 is 1.21 bits per heavy atom. The van der Waals surface area contributed by atoms with Crippen LogP contribution in [-0.2, 0) is 13.0 Å². The Bertz CT molecular complexity index is 882. The predicted octanol–water partition coefficient (Wildman–Crippen LogP) is 4.94. The van der Waals surface area contributed by atoms with Gasteiger partial charge in [0.2, 0.25) is 0 Å². The number of carbonyl (C=O) groups is 2. The summed E-state index contributed by atoms with van der Waals surface area (Å²) in [5, 5.41) is 6.69. The molecule has 29 heavy (non-hydrogen) atoms. The van der Waals surface area contributed by atoms with E-state index in [-0.39, 0.29) is 0 Å². The number of hydrogen-bond donors (Lipinski definition) is 3. The quantitative estimate of drug-likeness (QED) is 0.639. The second kappa shape index (κ2) is 9.61. The fourth-order valence-corrected chi connectivity index (χ4v) is 5.09. The lowest BCUT2D eigenvalue weighted by atomic mass is 9.92. The van der Waals surface area contributed by atoms with Crippen molar-refractivity contribution in [3.05, 3.63) is 45.3 Å². The molecule has 0 spiro atoms. The predicted molar refractivity (Wildman–Crippen MR) is 120 cm³/mol. The number of nitrogens with one attached hydrogen (secondary N) is 2. The molecule has 3 amide bonds. The van der Waals surface area contributed by atoms with Crippen LogP contribution in [0.5, 0.6) is 0 Å². The fourth-order valence-electron chi connectivity index (χ4n) is 3.65. The van der Waals surface area contributed by atoms with Crippen molar-refractivity contribution in [1.29, 1.82) is 0 Å². The first-order chi connectivity index (χ1) is 13.8. The minimum atomic E-state index is -0.504. The zero-order chi connectivity index (χ0) is 21.0. The zero-order valence-electron chi connectivity index (χ0n) is 16.8. The van der Waals surface area contributed by atoms with Crippen molar-refractivity contribution in [2.45, 2.75) is 39.2 Å². The number of nitrogens with zero attached hydrogens (tertiary/aromatic N) is 1. The fraction of sp³-hybridized carbons (Fsp3) is 0.429. The van der Waals surface area contributed by atoms with E-state index in [0.29, 0.717) is 27.2 Å². The number of hydrogen-bond acceptors (Lipinski definition) is 4. The summed E-state index contributed by atoms with van der Waals surface area (Å²) in [5.41, 5.74) is 7.77. The molecule has 1 unspecified atom stereocenters. The van der Waals surface area contributed by atoms with E-state index in [2.05, 4.69) is 29.5 Å². The first kappa shape index (κ1) is 21.6. The summed E-state index contributed by atoms with van der Waals surface area (Å²) in [6, 6.07) is 6.42. The van der Waals surface area contributed by atoms with Crippen molar-refractivity contribution in [3.63, 3.8) is 0 Å². The third-order valence-corrected chi connectivity index (χ3v) is 6.50. The molecule has 8 heteroatoms. The van der Waals surface area contributed by atoms with Crippen LogP contribution in [0.1, 0.15) is 47.0 Å². The number of anilines is 2. The Balaban J connectivity index is 1.87. The highest BCUT2D eigenvalue weighted by Crippen LogP contribution is 2.37. The van der Waals surface area contributed by atoms with E-state index < -0.39 is 11.9 Å². The number of fused-ring (bicyclic) bond motifs is 1. The maximum atomic E-state index is 12.5. The van der Waals surface area contributed by atoms with Gasteiger partial charge in [-0.05, 0) is 62.2 Å². The molecule has 0 aliphatic carbocycles. The Kier molecular flexibility index (Phi) is 7.16. The summed E-state index contributed by atoms with van der Waals surface area (Å²) in [6.07, 6.45) is 4.24. The van der Waals surface area contributed by atoms with Crippen LogP contribution < -0.4 is 16.4 Å². The number of amides is 3. The molecule has 4 N–H and O–H groups in total. The van der Waals surface area contributed by atoms with Crippen molar-refractivity contribution in [1.82, 2.24) is 4.90 Å². The highest BCUT2D eigenvalue weighted by molar-refractivity contribution is 7.17. The SMILES string of the molecule is CC1CCCCN(C)Cc2sc(NC(=O)Nc3ccc(Cl)cc3)c(C(N)=O)c2C1. The van der Waals surface area contributed by atoms with Gasteiger partial charge in [0.05, 0.1) is 5.56 Å². The van der Waals surface area contributed by atoms with Gasteiger partial charge in [-0.15, -0.1) is 11.3 Å². The minimum absolute atomic E-state index is 0.417. The second-order valence-corrected chi connectivity index (χ2v) is 9.24. The van der Waals surface area contributed by atoms with Crippen LogP contribution >= 0.6 is 22.9 Å². The molecular weight excluding hydrogens is 408 g/mol. The van der Waals surface area contributed by atoms with E-state index in [1.165, 1.54) is 24.2 Å². The molecule has 1 atom stereocenters. The topological polar surface area (TPSA) is 87.5 Å². The van der Waals surface area contributed by atoms with Gasteiger partial charge in [0.1, 0.15) is 5.00 Å². The summed E-state index contributed by atoms with van der Waals surface area (Å²) in [5.74, 6) is -0.0446. The molecule has 2 heterocycles. The van der Waals surface area contributed by atoms with Gasteiger partial charge in [0.15, 0.2) is 0 Å². The molecule has 0 bridgehead atoms. The largest absolute Gasteiger partial charge is 0.365 e. The number of carbonyl (C=O) groups excluding carboxylic acids is 2. The number of primary amides is 1. The summed E-state index contributed by atoms with van der Waals surface area (Å²) in [7, 11) is 2.08. The highest BCUT2D eigenvalue weighted by Gasteiger charge is 2.25. The van der Waals surface area contributed by atoms with Gasteiger partial charge in [0.25, 0.3) is 5.91 Å². The minimum Gasteiger partial charge on any atom is -0.365 e. The van der Waals surface area contributed by atoms with E-state index in [9.17, 15) is 9.59 Å².